The summed E-state index contributed by atoms with van der Waals surface area (Å²) in [5.41, 5.74) is 1.86. The molecule has 7 nitrogen and oxygen atoms in total. The second kappa shape index (κ2) is 8.66. The van der Waals surface area contributed by atoms with Gasteiger partial charge in [-0.15, -0.1) is 0 Å². The molecule has 11 heteroatoms. The molecule has 4 rings (SSSR count). The standard InChI is InChI=1S/C18H21FN4O.C2HF3O2/c1-21-10-14(9-20-21)11-22-6-5-18(12-22)8-17(24)23(13-18)16-4-2-3-15(19)7-16;3-2(4,5)1(6)7/h2-4,7,9-10H,5-6,8,11-13H2,1H3;(H,6,7). The van der Waals surface area contributed by atoms with Crippen LogP contribution < -0.4 is 4.90 Å². The minimum Gasteiger partial charge on any atom is -0.475 e. The fourth-order valence-corrected chi connectivity index (χ4v) is 4.02. The number of benzene rings is 1. The number of hydrogen-bond acceptors (Lipinski definition) is 4. The van der Waals surface area contributed by atoms with E-state index in [4.69, 9.17) is 9.90 Å². The largest absolute Gasteiger partial charge is 0.490 e. The van der Waals surface area contributed by atoms with Crippen LogP contribution in [-0.2, 0) is 23.2 Å². The Morgan fingerprint density at radius 2 is 2.00 bits per heavy atom. The molecule has 1 amide bonds. The number of amides is 1. The van der Waals surface area contributed by atoms with Crippen molar-refractivity contribution in [2.45, 2.75) is 25.6 Å². The topological polar surface area (TPSA) is 78.7 Å². The number of aliphatic carboxylic acids is 1. The summed E-state index contributed by atoms with van der Waals surface area (Å²) in [5.74, 6) is -2.96. The zero-order valence-corrected chi connectivity index (χ0v) is 16.8. The number of aryl methyl sites for hydroxylation is 1. The Balaban J connectivity index is 0.000000339. The fraction of sp³-hybridized carbons (Fsp3) is 0.450. The van der Waals surface area contributed by atoms with E-state index in [0.717, 1.165) is 26.1 Å². The Hall–Kier alpha value is -2.95. The summed E-state index contributed by atoms with van der Waals surface area (Å²) >= 11 is 0. The number of anilines is 1. The molecule has 2 saturated heterocycles. The highest BCUT2D eigenvalue weighted by atomic mass is 19.4. The van der Waals surface area contributed by atoms with Gasteiger partial charge in [-0.2, -0.15) is 18.3 Å². The number of rotatable bonds is 3. The minimum absolute atomic E-state index is 0.00832. The molecular formula is C20H22F4N4O3. The van der Waals surface area contributed by atoms with Crippen molar-refractivity contribution >= 4 is 17.6 Å². The molecule has 31 heavy (non-hydrogen) atoms. The van der Waals surface area contributed by atoms with E-state index >= 15 is 0 Å². The highest BCUT2D eigenvalue weighted by Crippen LogP contribution is 2.42. The second-order valence-corrected chi connectivity index (χ2v) is 7.92. The van der Waals surface area contributed by atoms with Crippen LogP contribution in [0.5, 0.6) is 0 Å². The third-order valence-corrected chi connectivity index (χ3v) is 5.37. The van der Waals surface area contributed by atoms with Gasteiger partial charge in [0.1, 0.15) is 5.82 Å². The Labute approximate surface area is 175 Å². The van der Waals surface area contributed by atoms with Gasteiger partial charge in [-0.05, 0) is 31.2 Å². The average Bonchev–Trinajstić information content (AvgIpc) is 3.35. The zero-order chi connectivity index (χ0) is 22.8. The monoisotopic (exact) mass is 442 g/mol. The maximum Gasteiger partial charge on any atom is 0.490 e. The lowest BCUT2D eigenvalue weighted by Crippen LogP contribution is -2.31. The highest BCUT2D eigenvalue weighted by Gasteiger charge is 2.47. The number of halogens is 4. The van der Waals surface area contributed by atoms with E-state index in [1.165, 1.54) is 17.7 Å². The number of carbonyl (C=O) groups is 2. The Bertz CT molecular complexity index is 962. The summed E-state index contributed by atoms with van der Waals surface area (Å²) in [7, 11) is 1.92. The normalized spacial score (nSPS) is 21.5. The molecule has 168 valence electrons. The van der Waals surface area contributed by atoms with Crippen LogP contribution in [-0.4, -0.2) is 57.5 Å². The van der Waals surface area contributed by atoms with Crippen LogP contribution in [0.3, 0.4) is 0 Å². The molecule has 0 aliphatic carbocycles. The molecule has 1 N–H and O–H groups in total. The fourth-order valence-electron chi connectivity index (χ4n) is 4.02. The number of nitrogens with zero attached hydrogens (tertiary/aromatic N) is 4. The van der Waals surface area contributed by atoms with Crippen LogP contribution in [0.1, 0.15) is 18.4 Å². The quantitative estimate of drug-likeness (QED) is 0.740. The van der Waals surface area contributed by atoms with Crippen molar-refractivity contribution in [3.05, 3.63) is 48.0 Å². The SMILES string of the molecule is Cn1cc(CN2CCC3(CC(=O)N(c4cccc(F)c4)C3)C2)cn1.O=C(O)C(F)(F)F. The third kappa shape index (κ3) is 5.60. The van der Waals surface area contributed by atoms with Crippen molar-refractivity contribution in [1.82, 2.24) is 14.7 Å². The summed E-state index contributed by atoms with van der Waals surface area (Å²) in [6.45, 7) is 3.43. The summed E-state index contributed by atoms with van der Waals surface area (Å²) in [6.07, 6.45) is 0.394. The molecule has 1 atom stereocenters. The molecule has 2 aromatic rings. The van der Waals surface area contributed by atoms with Crippen LogP contribution in [0.4, 0.5) is 23.2 Å². The average molecular weight is 442 g/mol. The van der Waals surface area contributed by atoms with Crippen molar-refractivity contribution in [3.8, 4) is 0 Å². The van der Waals surface area contributed by atoms with Crippen LogP contribution in [0.15, 0.2) is 36.7 Å². The molecule has 2 fully saturated rings. The second-order valence-electron chi connectivity index (χ2n) is 7.92. The first-order valence-corrected chi connectivity index (χ1v) is 9.53. The molecule has 1 spiro atoms. The van der Waals surface area contributed by atoms with Crippen molar-refractivity contribution in [3.63, 3.8) is 0 Å². The molecule has 1 unspecified atom stereocenters. The van der Waals surface area contributed by atoms with Gasteiger partial charge in [-0.3, -0.25) is 14.4 Å². The molecule has 2 aliphatic heterocycles. The van der Waals surface area contributed by atoms with Crippen LogP contribution in [0.2, 0.25) is 0 Å². The van der Waals surface area contributed by atoms with Crippen LogP contribution >= 0.6 is 0 Å². The molecule has 2 aliphatic rings. The molecule has 0 radical (unpaired) electrons. The van der Waals surface area contributed by atoms with Crippen LogP contribution in [0.25, 0.3) is 0 Å². The Morgan fingerprint density at radius 1 is 1.29 bits per heavy atom. The Kier molecular flexibility index (Phi) is 6.35. The first-order valence-electron chi connectivity index (χ1n) is 9.53. The summed E-state index contributed by atoms with van der Waals surface area (Å²) in [4.78, 5) is 25.5. The summed E-state index contributed by atoms with van der Waals surface area (Å²) in [5, 5.41) is 11.3. The number of carbonyl (C=O) groups excluding carboxylic acids is 1. The molecule has 0 bridgehead atoms. The lowest BCUT2D eigenvalue weighted by Gasteiger charge is -2.24. The number of likely N-dealkylation sites (tertiary alicyclic amines) is 1. The van der Waals surface area contributed by atoms with Crippen molar-refractivity contribution in [2.75, 3.05) is 24.5 Å². The van der Waals surface area contributed by atoms with E-state index in [1.807, 2.05) is 30.2 Å². The van der Waals surface area contributed by atoms with Gasteiger partial charge >= 0.3 is 12.1 Å². The molecular weight excluding hydrogens is 420 g/mol. The molecule has 0 saturated carbocycles. The van der Waals surface area contributed by atoms with E-state index < -0.39 is 12.1 Å². The number of carboxylic acids is 1. The smallest absolute Gasteiger partial charge is 0.475 e. The highest BCUT2D eigenvalue weighted by molar-refractivity contribution is 5.96. The van der Waals surface area contributed by atoms with Gasteiger partial charge in [0.2, 0.25) is 5.91 Å². The van der Waals surface area contributed by atoms with Gasteiger partial charge in [-0.25, -0.2) is 9.18 Å². The van der Waals surface area contributed by atoms with Crippen molar-refractivity contribution < 1.29 is 32.3 Å². The van der Waals surface area contributed by atoms with E-state index in [1.54, 1.807) is 11.0 Å². The molecule has 1 aromatic carbocycles. The number of hydrogen-bond donors (Lipinski definition) is 1. The van der Waals surface area contributed by atoms with E-state index in [0.29, 0.717) is 18.7 Å². The maximum absolute atomic E-state index is 13.5. The first kappa shape index (κ1) is 22.7. The van der Waals surface area contributed by atoms with Crippen molar-refractivity contribution in [1.29, 1.82) is 0 Å². The molecule has 3 heterocycles. The summed E-state index contributed by atoms with van der Waals surface area (Å²) < 4.78 is 47.0. The van der Waals surface area contributed by atoms with Gasteiger partial charge < -0.3 is 10.0 Å². The third-order valence-electron chi connectivity index (χ3n) is 5.37. The zero-order valence-electron chi connectivity index (χ0n) is 16.8. The number of aromatic nitrogens is 2. The maximum atomic E-state index is 13.5. The van der Waals surface area contributed by atoms with Crippen LogP contribution in [0, 0.1) is 11.2 Å². The van der Waals surface area contributed by atoms with Gasteiger partial charge in [-0.1, -0.05) is 6.07 Å². The minimum atomic E-state index is -5.08. The van der Waals surface area contributed by atoms with Gasteiger partial charge in [0.25, 0.3) is 0 Å². The lowest BCUT2D eigenvalue weighted by molar-refractivity contribution is -0.192. The van der Waals surface area contributed by atoms with E-state index in [2.05, 4.69) is 10.00 Å². The number of carboxylic acid groups (broad SMARTS) is 1. The van der Waals surface area contributed by atoms with E-state index in [-0.39, 0.29) is 17.1 Å². The lowest BCUT2D eigenvalue weighted by atomic mass is 9.86. The predicted octanol–water partition coefficient (Wildman–Crippen LogP) is 2.82. The van der Waals surface area contributed by atoms with Gasteiger partial charge in [0.15, 0.2) is 0 Å². The number of alkyl halides is 3. The summed E-state index contributed by atoms with van der Waals surface area (Å²) in [6, 6.07) is 6.32. The Morgan fingerprint density at radius 3 is 2.58 bits per heavy atom. The van der Waals surface area contributed by atoms with Gasteiger partial charge in [0.05, 0.1) is 6.20 Å². The van der Waals surface area contributed by atoms with Crippen molar-refractivity contribution in [2.24, 2.45) is 12.5 Å². The first-order chi connectivity index (χ1) is 14.5. The molecule has 1 aromatic heterocycles. The predicted molar refractivity (Wildman–Crippen MR) is 103 cm³/mol. The van der Waals surface area contributed by atoms with E-state index in [9.17, 15) is 22.4 Å². The van der Waals surface area contributed by atoms with Gasteiger partial charge in [0, 0.05) is 56.0 Å².